The van der Waals surface area contributed by atoms with Crippen molar-refractivity contribution in [2.75, 3.05) is 27.3 Å². The molecule has 0 bridgehead atoms. The number of hydrogen-bond donors (Lipinski definition) is 2. The highest BCUT2D eigenvalue weighted by molar-refractivity contribution is 5.94. The Morgan fingerprint density at radius 3 is 1.98 bits per heavy atom. The molecule has 13 heteroatoms. The maximum absolute atomic E-state index is 13.8. The highest BCUT2D eigenvalue weighted by atomic mass is 19.4. The Balaban J connectivity index is 2.28. The molecule has 0 saturated heterocycles. The minimum atomic E-state index is -5.15. The van der Waals surface area contributed by atoms with Gasteiger partial charge in [-0.1, -0.05) is 64.1 Å². The summed E-state index contributed by atoms with van der Waals surface area (Å²) >= 11 is 0. The van der Waals surface area contributed by atoms with E-state index in [-0.39, 0.29) is 19.6 Å². The molecule has 0 aromatic heterocycles. The molecule has 0 heterocycles. The van der Waals surface area contributed by atoms with Gasteiger partial charge in [-0.2, -0.15) is 13.2 Å². The largest absolute Gasteiger partial charge is 0.493 e. The summed E-state index contributed by atoms with van der Waals surface area (Å²) in [5, 5.41) is 4.68. The molecule has 2 rings (SSSR count). The summed E-state index contributed by atoms with van der Waals surface area (Å²) in [7, 11) is 2.94. The first-order valence-corrected chi connectivity index (χ1v) is 14.0. The van der Waals surface area contributed by atoms with E-state index >= 15 is 0 Å². The van der Waals surface area contributed by atoms with Gasteiger partial charge in [0, 0.05) is 6.54 Å². The molecule has 0 fully saturated rings. The van der Waals surface area contributed by atoms with Gasteiger partial charge in [0.25, 0.3) is 5.78 Å². The first-order chi connectivity index (χ1) is 20.7. The van der Waals surface area contributed by atoms with Gasteiger partial charge in [-0.25, -0.2) is 4.79 Å². The monoisotopic (exact) mass is 623 g/mol. The van der Waals surface area contributed by atoms with E-state index in [2.05, 4.69) is 10.6 Å². The zero-order valence-electron chi connectivity index (χ0n) is 25.7. The maximum atomic E-state index is 13.8. The van der Waals surface area contributed by atoms with Crippen molar-refractivity contribution in [2.45, 2.75) is 59.0 Å². The number of nitrogens with one attached hydrogen (secondary N) is 2. The Bertz CT molecular complexity index is 1270. The number of carbonyl (C=O) groups excluding carboxylic acids is 4. The zero-order chi connectivity index (χ0) is 33.0. The fourth-order valence-electron chi connectivity index (χ4n) is 4.27. The van der Waals surface area contributed by atoms with Gasteiger partial charge in [0.15, 0.2) is 11.5 Å². The molecule has 2 N–H and O–H groups in total. The Morgan fingerprint density at radius 1 is 0.818 bits per heavy atom. The molecule has 0 aliphatic carbocycles. The second kappa shape index (κ2) is 16.5. The Hall–Kier alpha value is -4.29. The molecule has 0 spiro atoms. The number of ketones is 1. The van der Waals surface area contributed by atoms with E-state index in [0.717, 1.165) is 10.5 Å². The minimum Gasteiger partial charge on any atom is -0.493 e. The number of alkyl halides is 3. The summed E-state index contributed by atoms with van der Waals surface area (Å²) in [6.45, 7) is 5.35. The van der Waals surface area contributed by atoms with Crippen molar-refractivity contribution in [1.29, 1.82) is 0 Å². The maximum Gasteiger partial charge on any atom is 0.452 e. The SMILES string of the molecule is COc1ccc(CCN(CC(=O)NC(C(=O)C(F)(F)F)C(C)C)C(=O)[C@@H](NC(=O)OCc2ccccc2)C(C)C)cc1OC. The first kappa shape index (κ1) is 35.9. The van der Waals surface area contributed by atoms with Crippen LogP contribution in [0.1, 0.15) is 38.8 Å². The molecule has 2 aromatic rings. The zero-order valence-corrected chi connectivity index (χ0v) is 25.7. The second-order valence-corrected chi connectivity index (χ2v) is 10.8. The lowest BCUT2D eigenvalue weighted by atomic mass is 9.99. The van der Waals surface area contributed by atoms with Gasteiger partial charge in [0.2, 0.25) is 11.8 Å². The predicted molar refractivity (Wildman–Crippen MR) is 156 cm³/mol. The fourth-order valence-corrected chi connectivity index (χ4v) is 4.27. The molecule has 0 aliphatic heterocycles. The number of amides is 3. The van der Waals surface area contributed by atoms with Crippen LogP contribution in [0.25, 0.3) is 0 Å². The summed E-state index contributed by atoms with van der Waals surface area (Å²) in [6.07, 6.45) is -5.80. The summed E-state index contributed by atoms with van der Waals surface area (Å²) in [6, 6.07) is 11.0. The van der Waals surface area contributed by atoms with Crippen LogP contribution in [-0.4, -0.2) is 74.2 Å². The molecule has 1 unspecified atom stereocenters. The van der Waals surface area contributed by atoms with Crippen LogP contribution in [0.15, 0.2) is 48.5 Å². The van der Waals surface area contributed by atoms with Crippen LogP contribution >= 0.6 is 0 Å². The number of ether oxygens (including phenoxy) is 3. The molecule has 2 aromatic carbocycles. The van der Waals surface area contributed by atoms with Crippen molar-refractivity contribution in [3.05, 3.63) is 59.7 Å². The van der Waals surface area contributed by atoms with Gasteiger partial charge in [0.05, 0.1) is 26.8 Å². The summed E-state index contributed by atoms with van der Waals surface area (Å²) in [5.74, 6) is -4.11. The number of Topliss-reactive ketones (excluding diaryl/α,β-unsaturated/α-hetero) is 1. The highest BCUT2D eigenvalue weighted by Gasteiger charge is 2.45. The summed E-state index contributed by atoms with van der Waals surface area (Å²) in [4.78, 5) is 52.5. The average molecular weight is 624 g/mol. The van der Waals surface area contributed by atoms with Crippen LogP contribution in [0.3, 0.4) is 0 Å². The standard InChI is InChI=1S/C31H40F3N3O7/c1-19(2)26(28(39)31(32,33)34)35-25(38)17-37(15-14-21-12-13-23(42-5)24(16-21)43-6)29(40)27(20(3)4)36-30(41)44-18-22-10-8-7-9-11-22/h7-13,16,19-20,26-27H,14-15,17-18H2,1-6H3,(H,35,38)(H,36,41)/t26?,27-/m0/s1. The van der Waals surface area contributed by atoms with Gasteiger partial charge < -0.3 is 29.7 Å². The van der Waals surface area contributed by atoms with Crippen molar-refractivity contribution >= 4 is 23.7 Å². The van der Waals surface area contributed by atoms with Gasteiger partial charge in [-0.3, -0.25) is 14.4 Å². The number of hydrogen-bond acceptors (Lipinski definition) is 7. The number of alkyl carbamates (subject to hydrolysis) is 1. The molecule has 0 saturated carbocycles. The van der Waals surface area contributed by atoms with E-state index in [1.54, 1.807) is 56.3 Å². The van der Waals surface area contributed by atoms with E-state index in [4.69, 9.17) is 14.2 Å². The third kappa shape index (κ3) is 10.8. The van der Waals surface area contributed by atoms with E-state index in [1.165, 1.54) is 28.1 Å². The number of carbonyl (C=O) groups is 4. The molecule has 3 amide bonds. The number of halogens is 3. The van der Waals surface area contributed by atoms with Crippen LogP contribution in [0.5, 0.6) is 11.5 Å². The fraction of sp³-hybridized carbons (Fsp3) is 0.484. The van der Waals surface area contributed by atoms with Crippen LogP contribution in [0, 0.1) is 11.8 Å². The highest BCUT2D eigenvalue weighted by Crippen LogP contribution is 2.28. The van der Waals surface area contributed by atoms with E-state index in [9.17, 15) is 32.3 Å². The molecular formula is C31H40F3N3O7. The predicted octanol–water partition coefficient (Wildman–Crippen LogP) is 4.30. The number of benzene rings is 2. The molecule has 2 atom stereocenters. The lowest BCUT2D eigenvalue weighted by Crippen LogP contribution is -2.56. The summed E-state index contributed by atoms with van der Waals surface area (Å²) < 4.78 is 55.4. The topological polar surface area (TPSA) is 123 Å². The van der Waals surface area contributed by atoms with Gasteiger partial charge in [-0.15, -0.1) is 0 Å². The molecule has 0 aliphatic rings. The van der Waals surface area contributed by atoms with Crippen molar-refractivity contribution < 1.29 is 46.6 Å². The third-order valence-electron chi connectivity index (χ3n) is 6.73. The van der Waals surface area contributed by atoms with E-state index < -0.39 is 60.3 Å². The van der Waals surface area contributed by atoms with E-state index in [1.807, 2.05) is 6.07 Å². The second-order valence-electron chi connectivity index (χ2n) is 10.8. The van der Waals surface area contributed by atoms with Crippen molar-refractivity contribution in [1.82, 2.24) is 15.5 Å². The molecule has 0 radical (unpaired) electrons. The normalized spacial score (nSPS) is 12.7. The number of nitrogens with zero attached hydrogens (tertiary/aromatic N) is 1. The lowest BCUT2D eigenvalue weighted by Gasteiger charge is -2.30. The van der Waals surface area contributed by atoms with Gasteiger partial charge in [-0.05, 0) is 41.5 Å². The third-order valence-corrected chi connectivity index (χ3v) is 6.73. The molecular weight excluding hydrogens is 583 g/mol. The van der Waals surface area contributed by atoms with Gasteiger partial charge in [0.1, 0.15) is 12.6 Å². The van der Waals surface area contributed by atoms with Crippen LogP contribution in [0.2, 0.25) is 0 Å². The number of rotatable bonds is 15. The Labute approximate surface area is 255 Å². The smallest absolute Gasteiger partial charge is 0.452 e. The van der Waals surface area contributed by atoms with Crippen LogP contribution in [-0.2, 0) is 32.1 Å². The average Bonchev–Trinajstić information content (AvgIpc) is 2.98. The van der Waals surface area contributed by atoms with Crippen molar-refractivity contribution in [3.8, 4) is 11.5 Å². The lowest BCUT2D eigenvalue weighted by molar-refractivity contribution is -0.175. The molecule has 242 valence electrons. The summed E-state index contributed by atoms with van der Waals surface area (Å²) in [5.41, 5.74) is 1.45. The number of methoxy groups -OCH3 is 2. The first-order valence-electron chi connectivity index (χ1n) is 14.0. The minimum absolute atomic E-state index is 0.0407. The van der Waals surface area contributed by atoms with Crippen molar-refractivity contribution in [3.63, 3.8) is 0 Å². The Morgan fingerprint density at radius 2 is 1.43 bits per heavy atom. The van der Waals surface area contributed by atoms with E-state index in [0.29, 0.717) is 17.1 Å². The van der Waals surface area contributed by atoms with Gasteiger partial charge >= 0.3 is 12.3 Å². The molecule has 44 heavy (non-hydrogen) atoms. The van der Waals surface area contributed by atoms with Crippen LogP contribution < -0.4 is 20.1 Å². The van der Waals surface area contributed by atoms with Crippen molar-refractivity contribution in [2.24, 2.45) is 11.8 Å². The molecule has 10 nitrogen and oxygen atoms in total. The van der Waals surface area contributed by atoms with Crippen LogP contribution in [0.4, 0.5) is 18.0 Å². The Kier molecular flexibility index (Phi) is 13.5. The quantitative estimate of drug-likeness (QED) is 0.303.